The van der Waals surface area contributed by atoms with Crippen LogP contribution in [0.3, 0.4) is 0 Å². The molecule has 23 heavy (non-hydrogen) atoms. The van der Waals surface area contributed by atoms with Gasteiger partial charge in [0.05, 0.1) is 5.41 Å². The van der Waals surface area contributed by atoms with E-state index in [0.29, 0.717) is 25.1 Å². The molecule has 0 radical (unpaired) electrons. The van der Waals surface area contributed by atoms with Crippen molar-refractivity contribution in [3.05, 3.63) is 22.4 Å². The van der Waals surface area contributed by atoms with Crippen LogP contribution in [0.1, 0.15) is 36.0 Å². The zero-order valence-corrected chi connectivity index (χ0v) is 13.6. The summed E-state index contributed by atoms with van der Waals surface area (Å²) >= 11 is 1.45. The Balaban J connectivity index is 1.50. The Bertz CT molecular complexity index is 616. The van der Waals surface area contributed by atoms with Gasteiger partial charge in [0.25, 0.3) is 5.91 Å². The van der Waals surface area contributed by atoms with E-state index in [1.807, 2.05) is 5.38 Å². The predicted molar refractivity (Wildman–Crippen MR) is 85.3 cm³/mol. The smallest absolute Gasteiger partial charge is 0.311 e. The van der Waals surface area contributed by atoms with Gasteiger partial charge in [-0.05, 0) is 30.2 Å². The highest BCUT2D eigenvalue weighted by atomic mass is 32.1. The average Bonchev–Trinajstić information content (AvgIpc) is 3.22. The standard InChI is InChI=1S/C16H20N2O4S/c19-13(3-6-17-14(20)11-4-7-23-9-11)18-8-12-2-1-5-16(12,10-18)15(21)22/h4,7,9,12H,1-3,5-6,8,10H2,(H,17,20)(H,21,22)/t12-,16+/m0/s1. The van der Waals surface area contributed by atoms with E-state index in [1.54, 1.807) is 16.3 Å². The molecule has 2 fully saturated rings. The number of amides is 2. The van der Waals surface area contributed by atoms with Gasteiger partial charge in [0.15, 0.2) is 0 Å². The Labute approximate surface area is 138 Å². The molecule has 2 N–H and O–H groups in total. The molecule has 1 saturated heterocycles. The maximum absolute atomic E-state index is 12.3. The second kappa shape index (κ2) is 6.31. The topological polar surface area (TPSA) is 86.7 Å². The predicted octanol–water partition coefficient (Wildman–Crippen LogP) is 1.58. The number of nitrogens with one attached hydrogen (secondary N) is 1. The third-order valence-electron chi connectivity index (χ3n) is 5.06. The molecule has 0 spiro atoms. The number of thiophene rings is 1. The van der Waals surface area contributed by atoms with E-state index in [-0.39, 0.29) is 30.7 Å². The fourth-order valence-electron chi connectivity index (χ4n) is 3.77. The molecule has 0 unspecified atom stereocenters. The van der Waals surface area contributed by atoms with Crippen molar-refractivity contribution >= 4 is 29.1 Å². The van der Waals surface area contributed by atoms with E-state index < -0.39 is 11.4 Å². The molecule has 1 aliphatic heterocycles. The highest BCUT2D eigenvalue weighted by Crippen LogP contribution is 2.48. The molecule has 3 rings (SSSR count). The van der Waals surface area contributed by atoms with Crippen LogP contribution in [0.2, 0.25) is 0 Å². The molecule has 2 heterocycles. The van der Waals surface area contributed by atoms with Gasteiger partial charge in [0.2, 0.25) is 5.91 Å². The Morgan fingerprint density at radius 3 is 2.91 bits per heavy atom. The Morgan fingerprint density at radius 2 is 2.26 bits per heavy atom. The molecular formula is C16H20N2O4S. The summed E-state index contributed by atoms with van der Waals surface area (Å²) in [5.74, 6) is -0.963. The van der Waals surface area contributed by atoms with E-state index in [0.717, 1.165) is 12.8 Å². The molecule has 124 valence electrons. The number of carboxylic acids is 1. The SMILES string of the molecule is O=C(NCCC(=O)N1C[C@@H]2CCC[C@@]2(C(=O)O)C1)c1ccsc1. The zero-order valence-electron chi connectivity index (χ0n) is 12.8. The number of aliphatic carboxylic acids is 1. The lowest BCUT2D eigenvalue weighted by atomic mass is 9.81. The van der Waals surface area contributed by atoms with Gasteiger partial charge in [-0.15, -0.1) is 0 Å². The molecule has 1 aromatic heterocycles. The first-order valence-electron chi connectivity index (χ1n) is 7.84. The summed E-state index contributed by atoms with van der Waals surface area (Å²) in [4.78, 5) is 37.4. The van der Waals surface area contributed by atoms with Gasteiger partial charge in [0, 0.05) is 37.0 Å². The van der Waals surface area contributed by atoms with Crippen molar-refractivity contribution in [1.82, 2.24) is 10.2 Å². The third kappa shape index (κ3) is 2.97. The summed E-state index contributed by atoms with van der Waals surface area (Å²) < 4.78 is 0. The van der Waals surface area contributed by atoms with Crippen molar-refractivity contribution in [2.45, 2.75) is 25.7 Å². The zero-order chi connectivity index (χ0) is 16.4. The first-order valence-corrected chi connectivity index (χ1v) is 8.79. The number of hydrogen-bond acceptors (Lipinski definition) is 4. The number of rotatable bonds is 5. The Morgan fingerprint density at radius 1 is 1.43 bits per heavy atom. The summed E-state index contributed by atoms with van der Waals surface area (Å²) in [5.41, 5.74) is -0.141. The lowest BCUT2D eigenvalue weighted by Crippen LogP contribution is -2.38. The summed E-state index contributed by atoms with van der Waals surface area (Å²) in [5, 5.41) is 15.8. The average molecular weight is 336 g/mol. The third-order valence-corrected chi connectivity index (χ3v) is 5.74. The second-order valence-corrected chi connectivity index (χ2v) is 7.12. The van der Waals surface area contributed by atoms with Crippen LogP contribution in [-0.4, -0.2) is 47.4 Å². The van der Waals surface area contributed by atoms with Crippen molar-refractivity contribution < 1.29 is 19.5 Å². The minimum absolute atomic E-state index is 0.0735. The largest absolute Gasteiger partial charge is 0.481 e. The number of carbonyl (C=O) groups is 3. The van der Waals surface area contributed by atoms with Gasteiger partial charge < -0.3 is 15.3 Å². The number of fused-ring (bicyclic) bond motifs is 1. The van der Waals surface area contributed by atoms with Gasteiger partial charge >= 0.3 is 5.97 Å². The normalized spacial score (nSPS) is 26.1. The molecule has 1 saturated carbocycles. The molecule has 1 aromatic rings. The molecule has 2 aliphatic rings. The van der Waals surface area contributed by atoms with Gasteiger partial charge in [-0.25, -0.2) is 0 Å². The molecule has 1 aliphatic carbocycles. The first kappa shape index (κ1) is 16.0. The van der Waals surface area contributed by atoms with Crippen LogP contribution in [0.25, 0.3) is 0 Å². The van der Waals surface area contributed by atoms with Crippen LogP contribution in [0.4, 0.5) is 0 Å². The van der Waals surface area contributed by atoms with E-state index in [9.17, 15) is 19.5 Å². The number of nitrogens with zero attached hydrogens (tertiary/aromatic N) is 1. The maximum Gasteiger partial charge on any atom is 0.311 e. The maximum atomic E-state index is 12.3. The minimum Gasteiger partial charge on any atom is -0.481 e. The molecular weight excluding hydrogens is 316 g/mol. The summed E-state index contributed by atoms with van der Waals surface area (Å²) in [7, 11) is 0. The van der Waals surface area contributed by atoms with Gasteiger partial charge in [-0.3, -0.25) is 14.4 Å². The fraction of sp³-hybridized carbons (Fsp3) is 0.562. The lowest BCUT2D eigenvalue weighted by molar-refractivity contribution is -0.149. The lowest BCUT2D eigenvalue weighted by Gasteiger charge is -2.23. The Hall–Kier alpha value is -1.89. The van der Waals surface area contributed by atoms with Crippen LogP contribution in [0.15, 0.2) is 16.8 Å². The van der Waals surface area contributed by atoms with E-state index in [1.165, 1.54) is 11.3 Å². The van der Waals surface area contributed by atoms with Crippen molar-refractivity contribution in [2.24, 2.45) is 11.3 Å². The number of hydrogen-bond donors (Lipinski definition) is 2. The van der Waals surface area contributed by atoms with Gasteiger partial charge in [0.1, 0.15) is 0 Å². The molecule has 2 amide bonds. The van der Waals surface area contributed by atoms with Crippen LogP contribution in [0.5, 0.6) is 0 Å². The van der Waals surface area contributed by atoms with E-state index in [2.05, 4.69) is 5.32 Å². The number of likely N-dealkylation sites (tertiary alicyclic amines) is 1. The molecule has 7 heteroatoms. The number of carbonyl (C=O) groups excluding carboxylic acids is 2. The van der Waals surface area contributed by atoms with Crippen molar-refractivity contribution in [3.8, 4) is 0 Å². The fourth-order valence-corrected chi connectivity index (χ4v) is 4.40. The molecule has 0 bridgehead atoms. The van der Waals surface area contributed by atoms with Crippen LogP contribution in [0, 0.1) is 11.3 Å². The van der Waals surface area contributed by atoms with Crippen LogP contribution in [-0.2, 0) is 9.59 Å². The quantitative estimate of drug-likeness (QED) is 0.855. The first-order chi connectivity index (χ1) is 11.0. The summed E-state index contributed by atoms with van der Waals surface area (Å²) in [6.45, 7) is 1.11. The van der Waals surface area contributed by atoms with Gasteiger partial charge in [-0.1, -0.05) is 6.42 Å². The van der Waals surface area contributed by atoms with Crippen molar-refractivity contribution in [2.75, 3.05) is 19.6 Å². The number of carboxylic acid groups (broad SMARTS) is 1. The minimum atomic E-state index is -0.777. The van der Waals surface area contributed by atoms with Crippen molar-refractivity contribution in [1.29, 1.82) is 0 Å². The second-order valence-electron chi connectivity index (χ2n) is 6.34. The van der Waals surface area contributed by atoms with Crippen molar-refractivity contribution in [3.63, 3.8) is 0 Å². The van der Waals surface area contributed by atoms with E-state index >= 15 is 0 Å². The summed E-state index contributed by atoms with van der Waals surface area (Å²) in [6, 6.07) is 1.74. The van der Waals surface area contributed by atoms with E-state index in [4.69, 9.17) is 0 Å². The monoisotopic (exact) mass is 336 g/mol. The Kier molecular flexibility index (Phi) is 4.39. The highest BCUT2D eigenvalue weighted by molar-refractivity contribution is 7.08. The molecule has 0 aromatic carbocycles. The molecule has 6 nitrogen and oxygen atoms in total. The van der Waals surface area contributed by atoms with Crippen LogP contribution >= 0.6 is 11.3 Å². The molecule has 2 atom stereocenters. The van der Waals surface area contributed by atoms with Gasteiger partial charge in [-0.2, -0.15) is 11.3 Å². The highest BCUT2D eigenvalue weighted by Gasteiger charge is 2.55. The summed E-state index contributed by atoms with van der Waals surface area (Å²) in [6.07, 6.45) is 2.67. The van der Waals surface area contributed by atoms with Crippen LogP contribution < -0.4 is 5.32 Å².